The Balaban J connectivity index is 2.63. The molecule has 0 spiro atoms. The van der Waals surface area contributed by atoms with E-state index in [0.29, 0.717) is 13.0 Å². The molecular formula is C14H21N3O2. The number of aryl methyl sites for hydroxylation is 1. The van der Waals surface area contributed by atoms with Gasteiger partial charge in [-0.3, -0.25) is 0 Å². The summed E-state index contributed by atoms with van der Waals surface area (Å²) in [7, 11) is 0. The van der Waals surface area contributed by atoms with Crippen molar-refractivity contribution >= 4 is 6.09 Å². The number of nitrogens with one attached hydrogen (secondary N) is 1. The fourth-order valence-electron chi connectivity index (χ4n) is 1.62. The molecule has 5 nitrogen and oxygen atoms in total. The molecule has 1 rings (SSSR count). The molecular weight excluding hydrogens is 242 g/mol. The lowest BCUT2D eigenvalue weighted by atomic mass is 10.2. The van der Waals surface area contributed by atoms with Crippen molar-refractivity contribution in [3.05, 3.63) is 18.2 Å². The van der Waals surface area contributed by atoms with Crippen LogP contribution in [0.3, 0.4) is 0 Å². The number of ether oxygens (including phenoxy) is 1. The summed E-state index contributed by atoms with van der Waals surface area (Å²) in [5.74, 6) is 2.58. The van der Waals surface area contributed by atoms with Crippen LogP contribution >= 0.6 is 0 Å². The van der Waals surface area contributed by atoms with Gasteiger partial charge in [-0.1, -0.05) is 0 Å². The summed E-state index contributed by atoms with van der Waals surface area (Å²) in [6, 6.07) is -0.185. The third-order valence-corrected chi connectivity index (χ3v) is 2.42. The van der Waals surface area contributed by atoms with Crippen molar-refractivity contribution in [1.29, 1.82) is 0 Å². The summed E-state index contributed by atoms with van der Waals surface area (Å²) in [6.45, 7) is 8.05. The largest absolute Gasteiger partial charge is 0.444 e. The van der Waals surface area contributed by atoms with E-state index in [4.69, 9.17) is 11.2 Å². The Morgan fingerprint density at radius 2 is 2.32 bits per heavy atom. The third kappa shape index (κ3) is 5.04. The highest BCUT2D eigenvalue weighted by Crippen LogP contribution is 2.14. The minimum absolute atomic E-state index is 0.185. The molecule has 0 aromatic carbocycles. The Labute approximate surface area is 114 Å². The number of nitrogens with zero attached hydrogens (tertiary/aromatic N) is 2. The van der Waals surface area contributed by atoms with E-state index in [1.54, 1.807) is 12.5 Å². The molecule has 104 valence electrons. The Morgan fingerprint density at radius 1 is 1.63 bits per heavy atom. The summed E-state index contributed by atoms with van der Waals surface area (Å²) in [5.41, 5.74) is 0.397. The van der Waals surface area contributed by atoms with Gasteiger partial charge < -0.3 is 14.6 Å². The standard InChI is InChI=1S/C14H21N3O2/c1-6-7-8-17-10-15-9-12(17)11(2)16-13(18)19-14(3,4)5/h1,9-11H,7-8H2,2-5H3,(H,16,18)/t11-/m0/s1. The molecule has 1 atom stereocenters. The fraction of sp³-hybridized carbons (Fsp3) is 0.571. The van der Waals surface area contributed by atoms with Crippen LogP contribution in [-0.4, -0.2) is 21.2 Å². The first-order valence-electron chi connectivity index (χ1n) is 6.26. The van der Waals surface area contributed by atoms with Gasteiger partial charge in [0.05, 0.1) is 24.3 Å². The number of amides is 1. The molecule has 0 saturated heterocycles. The normalized spacial score (nSPS) is 12.6. The van der Waals surface area contributed by atoms with E-state index in [-0.39, 0.29) is 6.04 Å². The number of carbonyl (C=O) groups excluding carboxylic acids is 1. The second-order valence-corrected chi connectivity index (χ2v) is 5.33. The van der Waals surface area contributed by atoms with Crippen LogP contribution in [0, 0.1) is 12.3 Å². The maximum absolute atomic E-state index is 11.7. The number of hydrogen-bond donors (Lipinski definition) is 1. The number of terminal acetylenes is 1. The molecule has 0 fully saturated rings. The summed E-state index contributed by atoms with van der Waals surface area (Å²) < 4.78 is 7.15. The predicted molar refractivity (Wildman–Crippen MR) is 73.5 cm³/mol. The van der Waals surface area contributed by atoms with Crippen LogP contribution in [-0.2, 0) is 11.3 Å². The van der Waals surface area contributed by atoms with Crippen molar-refractivity contribution in [2.45, 2.75) is 52.3 Å². The lowest BCUT2D eigenvalue weighted by Crippen LogP contribution is -2.34. The number of alkyl carbamates (subject to hydrolysis) is 1. The Morgan fingerprint density at radius 3 is 2.89 bits per heavy atom. The molecule has 0 aliphatic rings. The van der Waals surface area contributed by atoms with Gasteiger partial charge in [0.2, 0.25) is 0 Å². The van der Waals surface area contributed by atoms with Crippen molar-refractivity contribution < 1.29 is 9.53 Å². The number of hydrogen-bond acceptors (Lipinski definition) is 3. The van der Waals surface area contributed by atoms with E-state index in [1.807, 2.05) is 32.3 Å². The molecule has 1 heterocycles. The van der Waals surface area contributed by atoms with Crippen molar-refractivity contribution in [3.8, 4) is 12.3 Å². The van der Waals surface area contributed by atoms with E-state index in [2.05, 4.69) is 16.2 Å². The first kappa shape index (κ1) is 15.1. The predicted octanol–water partition coefficient (Wildman–Crippen LogP) is 2.49. The number of carbonyl (C=O) groups is 1. The second kappa shape index (κ2) is 6.28. The summed E-state index contributed by atoms with van der Waals surface area (Å²) >= 11 is 0. The van der Waals surface area contributed by atoms with Crippen LogP contribution in [0.15, 0.2) is 12.5 Å². The van der Waals surface area contributed by atoms with Crippen LogP contribution in [0.4, 0.5) is 4.79 Å². The topological polar surface area (TPSA) is 56.2 Å². The van der Waals surface area contributed by atoms with Gasteiger partial charge in [0, 0.05) is 13.0 Å². The van der Waals surface area contributed by atoms with Crippen LogP contribution < -0.4 is 5.32 Å². The molecule has 0 bridgehead atoms. The first-order chi connectivity index (χ1) is 8.83. The smallest absolute Gasteiger partial charge is 0.408 e. The third-order valence-electron chi connectivity index (χ3n) is 2.42. The molecule has 1 aromatic rings. The van der Waals surface area contributed by atoms with Crippen molar-refractivity contribution in [3.63, 3.8) is 0 Å². The molecule has 1 aromatic heterocycles. The van der Waals surface area contributed by atoms with E-state index in [9.17, 15) is 4.79 Å². The van der Waals surface area contributed by atoms with Crippen molar-refractivity contribution in [2.24, 2.45) is 0 Å². The summed E-state index contributed by atoms with van der Waals surface area (Å²) in [6.07, 6.45) is 8.86. The van der Waals surface area contributed by atoms with Gasteiger partial charge in [0.25, 0.3) is 0 Å². The average Bonchev–Trinajstić information content (AvgIpc) is 2.71. The molecule has 19 heavy (non-hydrogen) atoms. The molecule has 5 heteroatoms. The minimum atomic E-state index is -0.506. The number of rotatable bonds is 4. The van der Waals surface area contributed by atoms with Crippen molar-refractivity contribution in [2.75, 3.05) is 0 Å². The SMILES string of the molecule is C#CCCn1cncc1[C@H](C)NC(=O)OC(C)(C)C. The number of aromatic nitrogens is 2. The van der Waals surface area contributed by atoms with E-state index < -0.39 is 11.7 Å². The summed E-state index contributed by atoms with van der Waals surface area (Å²) in [5, 5.41) is 2.78. The maximum Gasteiger partial charge on any atom is 0.408 e. The number of imidazole rings is 1. The van der Waals surface area contributed by atoms with E-state index >= 15 is 0 Å². The molecule has 0 saturated carbocycles. The lowest BCUT2D eigenvalue weighted by Gasteiger charge is -2.22. The zero-order valence-electron chi connectivity index (χ0n) is 11.9. The summed E-state index contributed by atoms with van der Waals surface area (Å²) in [4.78, 5) is 15.8. The first-order valence-corrected chi connectivity index (χ1v) is 6.26. The average molecular weight is 263 g/mol. The van der Waals surface area contributed by atoms with E-state index in [0.717, 1.165) is 5.69 Å². The fourth-order valence-corrected chi connectivity index (χ4v) is 1.62. The Bertz CT molecular complexity index is 466. The van der Waals surface area contributed by atoms with Gasteiger partial charge in [0.1, 0.15) is 5.60 Å². The molecule has 0 aliphatic carbocycles. The van der Waals surface area contributed by atoms with Gasteiger partial charge in [0.15, 0.2) is 0 Å². The Hall–Kier alpha value is -1.96. The zero-order chi connectivity index (χ0) is 14.5. The quantitative estimate of drug-likeness (QED) is 0.849. The van der Waals surface area contributed by atoms with Gasteiger partial charge >= 0.3 is 6.09 Å². The van der Waals surface area contributed by atoms with Gasteiger partial charge in [-0.25, -0.2) is 9.78 Å². The minimum Gasteiger partial charge on any atom is -0.444 e. The lowest BCUT2D eigenvalue weighted by molar-refractivity contribution is 0.0506. The molecule has 0 radical (unpaired) electrons. The van der Waals surface area contributed by atoms with Crippen LogP contribution in [0.5, 0.6) is 0 Å². The molecule has 1 N–H and O–H groups in total. The molecule has 1 amide bonds. The molecule has 0 aliphatic heterocycles. The highest BCUT2D eigenvalue weighted by Gasteiger charge is 2.19. The van der Waals surface area contributed by atoms with Gasteiger partial charge in [-0.15, -0.1) is 12.3 Å². The van der Waals surface area contributed by atoms with E-state index in [1.165, 1.54) is 0 Å². The second-order valence-electron chi connectivity index (χ2n) is 5.33. The molecule has 0 unspecified atom stereocenters. The maximum atomic E-state index is 11.7. The highest BCUT2D eigenvalue weighted by molar-refractivity contribution is 5.68. The van der Waals surface area contributed by atoms with Crippen molar-refractivity contribution in [1.82, 2.24) is 14.9 Å². The van der Waals surface area contributed by atoms with Gasteiger partial charge in [-0.05, 0) is 27.7 Å². The van der Waals surface area contributed by atoms with Crippen LogP contribution in [0.2, 0.25) is 0 Å². The highest BCUT2D eigenvalue weighted by atomic mass is 16.6. The zero-order valence-corrected chi connectivity index (χ0v) is 11.9. The monoisotopic (exact) mass is 263 g/mol. The Kier molecular flexibility index (Phi) is 4.99. The van der Waals surface area contributed by atoms with Gasteiger partial charge in [-0.2, -0.15) is 0 Å². The van der Waals surface area contributed by atoms with Crippen LogP contribution in [0.25, 0.3) is 0 Å². The van der Waals surface area contributed by atoms with Crippen LogP contribution in [0.1, 0.15) is 45.9 Å².